The number of aliphatic hydroxyl groups is 1. The molecule has 0 aromatic carbocycles. The van der Waals surface area contributed by atoms with Crippen molar-refractivity contribution in [1.82, 2.24) is 20.1 Å². The average Bonchev–Trinajstić information content (AvgIpc) is 2.75. The summed E-state index contributed by atoms with van der Waals surface area (Å²) >= 11 is 0. The molecule has 2 heterocycles. The Hall–Kier alpha value is -1.95. The van der Waals surface area contributed by atoms with Crippen molar-refractivity contribution >= 4 is 16.9 Å². The van der Waals surface area contributed by atoms with Gasteiger partial charge in [-0.1, -0.05) is 0 Å². The molecular weight excluding hydrogens is 280 g/mol. The van der Waals surface area contributed by atoms with Crippen LogP contribution in [0.2, 0.25) is 0 Å². The van der Waals surface area contributed by atoms with Gasteiger partial charge in [0.25, 0.3) is 5.91 Å². The van der Waals surface area contributed by atoms with Crippen LogP contribution in [-0.2, 0) is 7.05 Å². The van der Waals surface area contributed by atoms with Crippen molar-refractivity contribution in [3.05, 3.63) is 23.0 Å². The second-order valence-corrected chi connectivity index (χ2v) is 6.20. The lowest BCUT2D eigenvalue weighted by Crippen LogP contribution is -2.38. The highest BCUT2D eigenvalue weighted by molar-refractivity contribution is 6.06. The number of pyridine rings is 1. The fourth-order valence-electron chi connectivity index (χ4n) is 3.23. The predicted octanol–water partition coefficient (Wildman–Crippen LogP) is 1.62. The quantitative estimate of drug-likeness (QED) is 0.883. The Morgan fingerprint density at radius 1 is 1.32 bits per heavy atom. The number of hydrogen-bond acceptors (Lipinski definition) is 4. The maximum Gasteiger partial charge on any atom is 0.252 e. The highest BCUT2D eigenvalue weighted by Crippen LogP contribution is 2.23. The Labute approximate surface area is 129 Å². The number of carbonyl (C=O) groups is 1. The summed E-state index contributed by atoms with van der Waals surface area (Å²) in [6.45, 7) is 3.78. The number of nitrogens with one attached hydrogen (secondary N) is 1. The van der Waals surface area contributed by atoms with Crippen LogP contribution in [0, 0.1) is 13.8 Å². The van der Waals surface area contributed by atoms with Gasteiger partial charge < -0.3 is 10.4 Å². The van der Waals surface area contributed by atoms with E-state index in [9.17, 15) is 9.90 Å². The van der Waals surface area contributed by atoms with Crippen LogP contribution in [0.1, 0.15) is 47.4 Å². The molecule has 118 valence electrons. The van der Waals surface area contributed by atoms with Gasteiger partial charge in [0.05, 0.1) is 22.7 Å². The van der Waals surface area contributed by atoms with Crippen LogP contribution < -0.4 is 5.32 Å². The third-order valence-corrected chi connectivity index (χ3v) is 4.37. The van der Waals surface area contributed by atoms with Crippen molar-refractivity contribution in [3.8, 4) is 0 Å². The van der Waals surface area contributed by atoms with Gasteiger partial charge in [0.1, 0.15) is 0 Å². The van der Waals surface area contributed by atoms with E-state index in [2.05, 4.69) is 15.4 Å². The molecule has 3 rings (SSSR count). The summed E-state index contributed by atoms with van der Waals surface area (Å²) in [6, 6.07) is 1.96. The molecular formula is C16H22N4O2. The number of aryl methyl sites for hydroxylation is 3. The highest BCUT2D eigenvalue weighted by atomic mass is 16.3. The number of nitrogens with zero attached hydrogens (tertiary/aromatic N) is 3. The molecule has 0 unspecified atom stereocenters. The van der Waals surface area contributed by atoms with Crippen LogP contribution in [0.3, 0.4) is 0 Å². The Morgan fingerprint density at radius 2 is 2.00 bits per heavy atom. The molecule has 6 heteroatoms. The van der Waals surface area contributed by atoms with Crippen LogP contribution in [0.4, 0.5) is 0 Å². The van der Waals surface area contributed by atoms with Gasteiger partial charge in [0, 0.05) is 18.8 Å². The molecule has 1 amide bonds. The molecule has 1 saturated carbocycles. The van der Waals surface area contributed by atoms with Crippen molar-refractivity contribution in [3.63, 3.8) is 0 Å². The highest BCUT2D eigenvalue weighted by Gasteiger charge is 2.23. The molecule has 0 spiro atoms. The molecule has 0 bridgehead atoms. The summed E-state index contributed by atoms with van der Waals surface area (Å²) in [7, 11) is 1.84. The average molecular weight is 302 g/mol. The second kappa shape index (κ2) is 5.68. The van der Waals surface area contributed by atoms with Crippen molar-refractivity contribution in [2.75, 3.05) is 0 Å². The van der Waals surface area contributed by atoms with Crippen LogP contribution in [-0.4, -0.2) is 37.9 Å². The normalized spacial score (nSPS) is 22.0. The minimum absolute atomic E-state index is 0.0759. The molecule has 0 radical (unpaired) electrons. The van der Waals surface area contributed by atoms with Gasteiger partial charge in [-0.25, -0.2) is 4.98 Å². The summed E-state index contributed by atoms with van der Waals surface area (Å²) in [5, 5.41) is 17.9. The molecule has 2 N–H and O–H groups in total. The van der Waals surface area contributed by atoms with E-state index in [-0.39, 0.29) is 18.1 Å². The van der Waals surface area contributed by atoms with E-state index >= 15 is 0 Å². The molecule has 22 heavy (non-hydrogen) atoms. The van der Waals surface area contributed by atoms with Gasteiger partial charge in [-0.2, -0.15) is 5.10 Å². The molecule has 0 saturated heterocycles. The largest absolute Gasteiger partial charge is 0.393 e. The topological polar surface area (TPSA) is 80.0 Å². The van der Waals surface area contributed by atoms with Crippen molar-refractivity contribution < 1.29 is 9.90 Å². The molecule has 1 fully saturated rings. The molecule has 6 nitrogen and oxygen atoms in total. The van der Waals surface area contributed by atoms with Crippen LogP contribution in [0.15, 0.2) is 6.07 Å². The Kier molecular flexibility index (Phi) is 3.87. The summed E-state index contributed by atoms with van der Waals surface area (Å²) in [6.07, 6.45) is 2.94. The third kappa shape index (κ3) is 2.70. The first-order valence-electron chi connectivity index (χ1n) is 7.75. The van der Waals surface area contributed by atoms with Gasteiger partial charge in [-0.3, -0.25) is 9.48 Å². The van der Waals surface area contributed by atoms with Gasteiger partial charge in [0.2, 0.25) is 0 Å². The number of aliphatic hydroxyl groups excluding tert-OH is 1. The lowest BCUT2D eigenvalue weighted by Gasteiger charge is -2.26. The van der Waals surface area contributed by atoms with Gasteiger partial charge in [-0.15, -0.1) is 0 Å². The Balaban J connectivity index is 1.90. The minimum Gasteiger partial charge on any atom is -0.393 e. The number of aromatic nitrogens is 3. The Bertz CT molecular complexity index is 714. The second-order valence-electron chi connectivity index (χ2n) is 6.20. The summed E-state index contributed by atoms with van der Waals surface area (Å²) < 4.78 is 1.71. The number of fused-ring (bicyclic) bond motifs is 1. The van der Waals surface area contributed by atoms with Crippen molar-refractivity contribution in [2.45, 2.75) is 51.7 Å². The first-order valence-corrected chi connectivity index (χ1v) is 7.75. The fourth-order valence-corrected chi connectivity index (χ4v) is 3.23. The summed E-state index contributed by atoms with van der Waals surface area (Å²) in [5.74, 6) is -0.0759. The first-order chi connectivity index (χ1) is 10.5. The Morgan fingerprint density at radius 3 is 2.68 bits per heavy atom. The minimum atomic E-state index is -0.219. The standard InChI is InChI=1S/C16H22N4O2/c1-9-8-13(14-10(2)19-20(3)15(14)17-9)16(22)18-11-4-6-12(21)7-5-11/h8,11-12,21H,4-7H2,1-3H3,(H,18,22). The lowest BCUT2D eigenvalue weighted by atomic mass is 9.93. The van der Waals surface area contributed by atoms with Crippen LogP contribution in [0.25, 0.3) is 11.0 Å². The first kappa shape index (κ1) is 15.0. The molecule has 2 aromatic heterocycles. The molecule has 0 atom stereocenters. The maximum atomic E-state index is 12.7. The third-order valence-electron chi connectivity index (χ3n) is 4.37. The van der Waals surface area contributed by atoms with Crippen LogP contribution >= 0.6 is 0 Å². The van der Waals surface area contributed by atoms with Crippen molar-refractivity contribution in [2.24, 2.45) is 7.05 Å². The van der Waals surface area contributed by atoms with E-state index < -0.39 is 0 Å². The zero-order valence-corrected chi connectivity index (χ0v) is 13.3. The van der Waals surface area contributed by atoms with Gasteiger partial charge in [0.15, 0.2) is 5.65 Å². The predicted molar refractivity (Wildman–Crippen MR) is 83.7 cm³/mol. The van der Waals surface area contributed by atoms with Gasteiger partial charge >= 0.3 is 0 Å². The van der Waals surface area contributed by atoms with E-state index in [0.29, 0.717) is 5.56 Å². The fraction of sp³-hybridized carbons (Fsp3) is 0.562. The van der Waals surface area contributed by atoms with Crippen LogP contribution in [0.5, 0.6) is 0 Å². The number of hydrogen-bond donors (Lipinski definition) is 2. The lowest BCUT2D eigenvalue weighted by molar-refractivity contribution is 0.0869. The van der Waals surface area contributed by atoms with Crippen molar-refractivity contribution in [1.29, 1.82) is 0 Å². The van der Waals surface area contributed by atoms with Gasteiger partial charge in [-0.05, 0) is 45.6 Å². The molecule has 1 aliphatic carbocycles. The maximum absolute atomic E-state index is 12.7. The summed E-state index contributed by atoms with van der Waals surface area (Å²) in [4.78, 5) is 17.2. The SMILES string of the molecule is Cc1cc(C(=O)NC2CCC(O)CC2)c2c(C)nn(C)c2n1. The van der Waals surface area contributed by atoms with E-state index in [1.54, 1.807) is 4.68 Å². The smallest absolute Gasteiger partial charge is 0.252 e. The van der Waals surface area contributed by atoms with E-state index in [1.165, 1.54) is 0 Å². The molecule has 0 aliphatic heterocycles. The monoisotopic (exact) mass is 302 g/mol. The molecule has 1 aliphatic rings. The number of rotatable bonds is 2. The summed E-state index contributed by atoms with van der Waals surface area (Å²) in [5.41, 5.74) is 3.00. The number of amides is 1. The number of carbonyl (C=O) groups excluding carboxylic acids is 1. The zero-order valence-electron chi connectivity index (χ0n) is 13.3. The van der Waals surface area contributed by atoms with E-state index in [1.807, 2.05) is 27.0 Å². The van der Waals surface area contributed by atoms with E-state index in [4.69, 9.17) is 0 Å². The zero-order chi connectivity index (χ0) is 15.9. The molecule has 2 aromatic rings. The van der Waals surface area contributed by atoms with E-state index in [0.717, 1.165) is 48.1 Å².